The summed E-state index contributed by atoms with van der Waals surface area (Å²) in [6, 6.07) is 9.15. The summed E-state index contributed by atoms with van der Waals surface area (Å²) in [5.41, 5.74) is 0.681. The molecule has 0 fully saturated rings. The second-order valence-electron chi connectivity index (χ2n) is 5.02. The first-order chi connectivity index (χ1) is 11.5. The van der Waals surface area contributed by atoms with Gasteiger partial charge in [0.1, 0.15) is 5.82 Å². The molecule has 1 heterocycles. The van der Waals surface area contributed by atoms with Crippen molar-refractivity contribution < 1.29 is 14.0 Å². The molecule has 0 aromatic heterocycles. The lowest BCUT2D eigenvalue weighted by Crippen LogP contribution is -2.28. The fourth-order valence-electron chi connectivity index (χ4n) is 2.26. The maximum absolute atomic E-state index is 13.9. The lowest BCUT2D eigenvalue weighted by Gasteiger charge is -2.12. The minimum atomic E-state index is -0.928. The van der Waals surface area contributed by atoms with E-state index in [1.807, 2.05) is 0 Å². The second kappa shape index (κ2) is 6.97. The first kappa shape index (κ1) is 17.0. The Bertz CT molecular complexity index is 802. The van der Waals surface area contributed by atoms with Gasteiger partial charge in [-0.15, -0.1) is 0 Å². The Morgan fingerprint density at radius 2 is 1.75 bits per heavy atom. The molecule has 0 spiro atoms. The van der Waals surface area contributed by atoms with E-state index in [-0.39, 0.29) is 28.4 Å². The van der Waals surface area contributed by atoms with Crippen molar-refractivity contribution in [3.63, 3.8) is 0 Å². The van der Waals surface area contributed by atoms with Gasteiger partial charge in [-0.3, -0.25) is 4.79 Å². The minimum Gasteiger partial charge on any atom is -0.382 e. The molecule has 3 rings (SSSR count). The highest BCUT2D eigenvalue weighted by atomic mass is 35.5. The van der Waals surface area contributed by atoms with Crippen molar-refractivity contribution in [1.82, 2.24) is 0 Å². The fourth-order valence-corrected chi connectivity index (χ4v) is 3.02. The number of nitrogens with one attached hydrogen (secondary N) is 1. The Morgan fingerprint density at radius 1 is 1.12 bits per heavy atom. The predicted molar refractivity (Wildman–Crippen MR) is 92.5 cm³/mol. The highest BCUT2D eigenvalue weighted by molar-refractivity contribution is 6.39. The topological polar surface area (TPSA) is 50.7 Å². The van der Waals surface area contributed by atoms with E-state index < -0.39 is 17.8 Å². The van der Waals surface area contributed by atoms with Gasteiger partial charge in [-0.1, -0.05) is 52.1 Å². The van der Waals surface area contributed by atoms with E-state index in [9.17, 15) is 9.18 Å². The van der Waals surface area contributed by atoms with Crippen molar-refractivity contribution in [3.8, 4) is 0 Å². The molecular formula is C16H10Cl3FN2O2. The number of benzene rings is 2. The van der Waals surface area contributed by atoms with Gasteiger partial charge in [-0.05, 0) is 24.3 Å². The molecule has 0 aliphatic carbocycles. The van der Waals surface area contributed by atoms with Gasteiger partial charge < -0.3 is 10.2 Å². The smallest absolute Gasteiger partial charge is 0.268 e. The number of carbonyl (C=O) groups excluding carboxylic acids is 1. The third kappa shape index (κ3) is 3.34. The Balaban J connectivity index is 1.74. The summed E-state index contributed by atoms with van der Waals surface area (Å²) < 4.78 is 13.9. The third-order valence-corrected chi connectivity index (χ3v) is 4.37. The number of anilines is 1. The summed E-state index contributed by atoms with van der Waals surface area (Å²) >= 11 is 18.0. The standard InChI is InChI=1S/C16H10Cl3FN2O2/c17-8-3-2-6-11(20)14(8)12-7-13(24-22-12)16(23)21-15-9(18)4-1-5-10(15)19/h1-6,13H,7H2,(H,21,23). The van der Waals surface area contributed by atoms with Crippen molar-refractivity contribution >= 4 is 52.1 Å². The van der Waals surface area contributed by atoms with Crippen LogP contribution in [0.15, 0.2) is 41.6 Å². The fraction of sp³-hybridized carbons (Fsp3) is 0.125. The first-order valence-corrected chi connectivity index (χ1v) is 8.02. The van der Waals surface area contributed by atoms with E-state index in [4.69, 9.17) is 39.6 Å². The molecule has 1 aliphatic rings. The van der Waals surface area contributed by atoms with E-state index in [0.717, 1.165) is 0 Å². The maximum Gasteiger partial charge on any atom is 0.268 e. The number of hydrogen-bond acceptors (Lipinski definition) is 3. The van der Waals surface area contributed by atoms with Crippen LogP contribution in [0, 0.1) is 5.82 Å². The van der Waals surface area contributed by atoms with Gasteiger partial charge in [0.25, 0.3) is 5.91 Å². The molecule has 1 N–H and O–H groups in total. The van der Waals surface area contributed by atoms with Gasteiger partial charge in [0.2, 0.25) is 6.10 Å². The Morgan fingerprint density at radius 3 is 2.42 bits per heavy atom. The molecule has 0 saturated heterocycles. The number of halogens is 4. The summed E-state index contributed by atoms with van der Waals surface area (Å²) in [5.74, 6) is -1.02. The van der Waals surface area contributed by atoms with Crippen molar-refractivity contribution in [1.29, 1.82) is 0 Å². The summed E-state index contributed by atoms with van der Waals surface area (Å²) in [4.78, 5) is 17.4. The van der Waals surface area contributed by atoms with E-state index in [0.29, 0.717) is 10.0 Å². The van der Waals surface area contributed by atoms with Gasteiger partial charge in [0, 0.05) is 6.42 Å². The molecule has 2 aromatic carbocycles. The molecule has 2 aromatic rings. The molecule has 0 radical (unpaired) electrons. The summed E-state index contributed by atoms with van der Waals surface area (Å²) in [6.07, 6.45) is -0.850. The molecule has 1 atom stereocenters. The van der Waals surface area contributed by atoms with Crippen LogP contribution in [0.3, 0.4) is 0 Å². The van der Waals surface area contributed by atoms with E-state index in [1.165, 1.54) is 12.1 Å². The summed E-state index contributed by atoms with van der Waals surface area (Å²) in [7, 11) is 0. The van der Waals surface area contributed by atoms with E-state index >= 15 is 0 Å². The van der Waals surface area contributed by atoms with Gasteiger partial charge in [0.05, 0.1) is 32.0 Å². The molecule has 0 saturated carbocycles. The molecule has 24 heavy (non-hydrogen) atoms. The van der Waals surface area contributed by atoms with Crippen LogP contribution >= 0.6 is 34.8 Å². The zero-order valence-electron chi connectivity index (χ0n) is 12.0. The monoisotopic (exact) mass is 386 g/mol. The number of para-hydroxylation sites is 1. The van der Waals surface area contributed by atoms with Gasteiger partial charge >= 0.3 is 0 Å². The molecule has 1 aliphatic heterocycles. The van der Waals surface area contributed by atoms with E-state index in [2.05, 4.69) is 10.5 Å². The highest BCUT2D eigenvalue weighted by Crippen LogP contribution is 2.31. The van der Waals surface area contributed by atoms with Crippen LogP contribution in [0.2, 0.25) is 15.1 Å². The number of hydrogen-bond donors (Lipinski definition) is 1. The van der Waals surface area contributed by atoms with Crippen LogP contribution in [-0.4, -0.2) is 17.7 Å². The van der Waals surface area contributed by atoms with Crippen LogP contribution in [-0.2, 0) is 9.63 Å². The summed E-state index contributed by atoms with van der Waals surface area (Å²) in [6.45, 7) is 0. The average molecular weight is 388 g/mol. The van der Waals surface area contributed by atoms with Crippen LogP contribution in [0.5, 0.6) is 0 Å². The van der Waals surface area contributed by atoms with Crippen molar-refractivity contribution in [2.45, 2.75) is 12.5 Å². The van der Waals surface area contributed by atoms with Crippen LogP contribution in [0.25, 0.3) is 0 Å². The highest BCUT2D eigenvalue weighted by Gasteiger charge is 2.31. The Kier molecular flexibility index (Phi) is 4.94. The molecule has 0 bridgehead atoms. The average Bonchev–Trinajstić information content (AvgIpc) is 3.00. The Hall–Kier alpha value is -1.82. The number of oxime groups is 1. The molecule has 4 nitrogen and oxygen atoms in total. The SMILES string of the molecule is O=C(Nc1c(Cl)cccc1Cl)C1CC(c2c(F)cccc2Cl)=NO1. The number of rotatable bonds is 3. The zero-order valence-corrected chi connectivity index (χ0v) is 14.3. The molecular weight excluding hydrogens is 378 g/mol. The number of carbonyl (C=O) groups is 1. The van der Waals surface area contributed by atoms with Crippen molar-refractivity contribution in [2.24, 2.45) is 5.16 Å². The van der Waals surface area contributed by atoms with Gasteiger partial charge in [-0.2, -0.15) is 0 Å². The normalized spacial score (nSPS) is 16.5. The van der Waals surface area contributed by atoms with Crippen LogP contribution in [0.1, 0.15) is 12.0 Å². The minimum absolute atomic E-state index is 0.0779. The molecule has 8 heteroatoms. The molecule has 124 valence electrons. The van der Waals surface area contributed by atoms with Crippen molar-refractivity contribution in [3.05, 3.63) is 62.8 Å². The molecule has 1 unspecified atom stereocenters. The third-order valence-electron chi connectivity index (χ3n) is 3.42. The number of nitrogens with zero attached hydrogens (tertiary/aromatic N) is 1. The predicted octanol–water partition coefficient (Wildman–Crippen LogP) is 4.92. The quantitative estimate of drug-likeness (QED) is 0.813. The lowest BCUT2D eigenvalue weighted by atomic mass is 10.0. The number of amides is 1. The first-order valence-electron chi connectivity index (χ1n) is 6.89. The van der Waals surface area contributed by atoms with Gasteiger partial charge in [0.15, 0.2) is 0 Å². The van der Waals surface area contributed by atoms with E-state index in [1.54, 1.807) is 24.3 Å². The van der Waals surface area contributed by atoms with Gasteiger partial charge in [-0.25, -0.2) is 4.39 Å². The zero-order chi connectivity index (χ0) is 17.3. The Labute approximate surface area is 152 Å². The molecule has 1 amide bonds. The summed E-state index contributed by atoms with van der Waals surface area (Å²) in [5, 5.41) is 7.17. The van der Waals surface area contributed by atoms with Crippen LogP contribution < -0.4 is 5.32 Å². The second-order valence-corrected chi connectivity index (χ2v) is 6.24. The lowest BCUT2D eigenvalue weighted by molar-refractivity contribution is -0.125. The van der Waals surface area contributed by atoms with Crippen molar-refractivity contribution in [2.75, 3.05) is 5.32 Å². The van der Waals surface area contributed by atoms with Crippen LogP contribution in [0.4, 0.5) is 10.1 Å². The largest absolute Gasteiger partial charge is 0.382 e. The maximum atomic E-state index is 13.9.